The van der Waals surface area contributed by atoms with Crippen LogP contribution in [-0.4, -0.2) is 21.8 Å². The lowest BCUT2D eigenvalue weighted by Crippen LogP contribution is -2.17. The minimum atomic E-state index is -0.446. The maximum Gasteiger partial charge on any atom is 0.329 e. The molecule has 0 radical (unpaired) electrons. The Morgan fingerprint density at radius 1 is 1.33 bits per heavy atom. The summed E-state index contributed by atoms with van der Waals surface area (Å²) < 4.78 is 1.35. The quantitative estimate of drug-likeness (QED) is 0.858. The summed E-state index contributed by atoms with van der Waals surface area (Å²) in [5, 5.41) is 2.62. The van der Waals surface area contributed by atoms with Crippen molar-refractivity contribution in [3.63, 3.8) is 0 Å². The van der Waals surface area contributed by atoms with Gasteiger partial charge in [0.1, 0.15) is 0 Å². The fourth-order valence-electron chi connectivity index (χ4n) is 2.07. The molecular formula is C14H10N2O4S. The van der Waals surface area contributed by atoms with E-state index in [1.54, 1.807) is 18.3 Å². The number of nitrogens with zero attached hydrogens (tertiary/aromatic N) is 1. The molecule has 1 saturated heterocycles. The number of thioether (sulfide) groups is 1. The molecule has 0 aliphatic carbocycles. The summed E-state index contributed by atoms with van der Waals surface area (Å²) in [6, 6.07) is 7.31. The maximum atomic E-state index is 11.6. The molecular weight excluding hydrogens is 292 g/mol. The van der Waals surface area contributed by atoms with Gasteiger partial charge < -0.3 is 4.84 Å². The van der Waals surface area contributed by atoms with E-state index < -0.39 is 17.1 Å². The lowest BCUT2D eigenvalue weighted by Gasteiger charge is -2.01. The van der Waals surface area contributed by atoms with Crippen molar-refractivity contribution in [1.29, 1.82) is 0 Å². The number of benzene rings is 1. The highest BCUT2D eigenvalue weighted by molar-refractivity contribution is 8.18. The van der Waals surface area contributed by atoms with Gasteiger partial charge in [-0.15, -0.1) is 0 Å². The van der Waals surface area contributed by atoms with Crippen molar-refractivity contribution in [2.24, 2.45) is 0 Å². The Labute approximate surface area is 123 Å². The van der Waals surface area contributed by atoms with Crippen LogP contribution in [0, 0.1) is 0 Å². The van der Waals surface area contributed by atoms with Gasteiger partial charge in [-0.05, 0) is 23.9 Å². The zero-order chi connectivity index (χ0) is 15.0. The number of hydrogen-bond acceptors (Lipinski definition) is 5. The van der Waals surface area contributed by atoms with Crippen LogP contribution in [0.15, 0.2) is 35.4 Å². The van der Waals surface area contributed by atoms with Crippen molar-refractivity contribution in [1.82, 2.24) is 10.0 Å². The molecule has 1 fully saturated rings. The summed E-state index contributed by atoms with van der Waals surface area (Å²) in [4.78, 5) is 39.3. The van der Waals surface area contributed by atoms with Gasteiger partial charge in [0.25, 0.3) is 11.1 Å². The molecule has 3 rings (SSSR count). The van der Waals surface area contributed by atoms with Crippen molar-refractivity contribution in [2.45, 2.75) is 6.92 Å². The van der Waals surface area contributed by atoms with Crippen molar-refractivity contribution >= 4 is 45.9 Å². The molecule has 0 saturated carbocycles. The van der Waals surface area contributed by atoms with Crippen molar-refractivity contribution < 1.29 is 19.2 Å². The van der Waals surface area contributed by atoms with Gasteiger partial charge in [-0.2, -0.15) is 4.73 Å². The van der Waals surface area contributed by atoms with Gasteiger partial charge in [0, 0.05) is 17.9 Å². The summed E-state index contributed by atoms with van der Waals surface area (Å²) in [5.74, 6) is -0.868. The largest absolute Gasteiger partial charge is 0.337 e. The lowest BCUT2D eigenvalue weighted by molar-refractivity contribution is -0.140. The second kappa shape index (κ2) is 5.10. The Balaban J connectivity index is 2.11. The summed E-state index contributed by atoms with van der Waals surface area (Å²) >= 11 is 0.845. The maximum absolute atomic E-state index is 11.6. The van der Waals surface area contributed by atoms with Gasteiger partial charge in [0.15, 0.2) is 0 Å². The van der Waals surface area contributed by atoms with Crippen LogP contribution in [0.25, 0.3) is 17.0 Å². The predicted octanol–water partition coefficient (Wildman–Crippen LogP) is 1.94. The molecule has 1 aromatic heterocycles. The minimum absolute atomic E-state index is 0.311. The highest BCUT2D eigenvalue weighted by Crippen LogP contribution is 2.29. The number of fused-ring (bicyclic) bond motifs is 1. The van der Waals surface area contributed by atoms with E-state index in [2.05, 4.69) is 5.32 Å². The smallest absolute Gasteiger partial charge is 0.329 e. The van der Waals surface area contributed by atoms with Crippen LogP contribution in [0.3, 0.4) is 0 Å². The number of para-hydroxylation sites is 1. The topological polar surface area (TPSA) is 77.4 Å². The first-order valence-electron chi connectivity index (χ1n) is 6.08. The lowest BCUT2D eigenvalue weighted by atomic mass is 10.1. The summed E-state index contributed by atoms with van der Waals surface area (Å²) in [7, 11) is 0. The summed E-state index contributed by atoms with van der Waals surface area (Å²) in [6.45, 7) is 1.31. The summed E-state index contributed by atoms with van der Waals surface area (Å²) in [5.41, 5.74) is 1.40. The van der Waals surface area contributed by atoms with Crippen molar-refractivity contribution in [3.05, 3.63) is 40.9 Å². The second-order valence-electron chi connectivity index (χ2n) is 4.36. The Bertz CT molecular complexity index is 806. The number of rotatable bonds is 2. The van der Waals surface area contributed by atoms with Crippen LogP contribution in [-0.2, 0) is 9.59 Å². The van der Waals surface area contributed by atoms with E-state index in [0.717, 1.165) is 17.1 Å². The van der Waals surface area contributed by atoms with Crippen molar-refractivity contribution in [3.8, 4) is 0 Å². The zero-order valence-corrected chi connectivity index (χ0v) is 11.8. The third kappa shape index (κ3) is 2.55. The number of amides is 2. The average molecular weight is 302 g/mol. The summed E-state index contributed by atoms with van der Waals surface area (Å²) in [6.07, 6.45) is 3.21. The van der Waals surface area contributed by atoms with E-state index in [4.69, 9.17) is 4.84 Å². The van der Waals surface area contributed by atoms with E-state index in [-0.39, 0.29) is 0 Å². The average Bonchev–Trinajstić information content (AvgIpc) is 2.91. The van der Waals surface area contributed by atoms with Crippen molar-refractivity contribution in [2.75, 3.05) is 0 Å². The van der Waals surface area contributed by atoms with Crippen LogP contribution in [0.4, 0.5) is 4.79 Å². The fraction of sp³-hybridized carbons (Fsp3) is 0.0714. The molecule has 2 amide bonds. The molecule has 6 nitrogen and oxygen atoms in total. The molecule has 1 aliphatic heterocycles. The Morgan fingerprint density at radius 3 is 2.76 bits per heavy atom. The second-order valence-corrected chi connectivity index (χ2v) is 5.38. The molecule has 1 N–H and O–H groups in total. The van der Waals surface area contributed by atoms with Gasteiger partial charge in [-0.3, -0.25) is 14.9 Å². The molecule has 0 atom stereocenters. The van der Waals surface area contributed by atoms with E-state index in [9.17, 15) is 14.4 Å². The molecule has 106 valence electrons. The Morgan fingerprint density at radius 2 is 2.10 bits per heavy atom. The third-order valence-corrected chi connectivity index (χ3v) is 3.67. The van der Waals surface area contributed by atoms with Crippen LogP contribution >= 0.6 is 11.8 Å². The van der Waals surface area contributed by atoms with E-state index in [0.29, 0.717) is 16.0 Å². The standard InChI is InChI=1S/C14H10N2O4S/c1-8(17)20-16-7-9(10-4-2-3-5-11(10)16)6-12-13(18)15-14(19)21-12/h2-7H,1H3,(H,15,18,19). The zero-order valence-electron chi connectivity index (χ0n) is 11.0. The molecule has 21 heavy (non-hydrogen) atoms. The fourth-order valence-corrected chi connectivity index (χ4v) is 2.74. The van der Waals surface area contributed by atoms with Gasteiger partial charge in [-0.25, -0.2) is 4.79 Å². The van der Waals surface area contributed by atoms with Crippen LogP contribution in [0.2, 0.25) is 0 Å². The number of imide groups is 1. The minimum Gasteiger partial charge on any atom is -0.337 e. The predicted molar refractivity (Wildman–Crippen MR) is 78.3 cm³/mol. The molecule has 2 aromatic rings. The normalized spacial score (nSPS) is 16.5. The molecule has 1 aliphatic rings. The molecule has 7 heteroatoms. The highest BCUT2D eigenvalue weighted by Gasteiger charge is 2.25. The molecule has 2 heterocycles. The van der Waals surface area contributed by atoms with Gasteiger partial charge in [0.05, 0.1) is 16.6 Å². The monoisotopic (exact) mass is 302 g/mol. The van der Waals surface area contributed by atoms with E-state index in [1.807, 2.05) is 18.2 Å². The first-order valence-corrected chi connectivity index (χ1v) is 6.90. The van der Waals surface area contributed by atoms with Gasteiger partial charge >= 0.3 is 5.97 Å². The number of carbonyl (C=O) groups excluding carboxylic acids is 3. The Hall–Kier alpha value is -2.54. The van der Waals surface area contributed by atoms with Crippen LogP contribution < -0.4 is 10.2 Å². The number of aromatic nitrogens is 1. The molecule has 1 aromatic carbocycles. The van der Waals surface area contributed by atoms with Crippen LogP contribution in [0.5, 0.6) is 0 Å². The molecule has 0 unspecified atom stereocenters. The molecule has 0 bridgehead atoms. The van der Waals surface area contributed by atoms with Crippen LogP contribution in [0.1, 0.15) is 12.5 Å². The van der Waals surface area contributed by atoms with Gasteiger partial charge in [-0.1, -0.05) is 18.2 Å². The number of carbonyl (C=O) groups is 3. The molecule has 0 spiro atoms. The number of hydrogen-bond donors (Lipinski definition) is 1. The van der Waals surface area contributed by atoms with Gasteiger partial charge in [0.2, 0.25) is 0 Å². The highest BCUT2D eigenvalue weighted by atomic mass is 32.2. The number of nitrogens with one attached hydrogen (secondary N) is 1. The first kappa shape index (κ1) is 13.4. The third-order valence-electron chi connectivity index (χ3n) is 2.86. The van der Waals surface area contributed by atoms with E-state index in [1.165, 1.54) is 11.7 Å². The Kier molecular flexibility index (Phi) is 3.26. The van der Waals surface area contributed by atoms with E-state index >= 15 is 0 Å². The SMILES string of the molecule is CC(=O)On1cc(C=C2SC(=O)NC2=O)c2ccccc21. The first-order chi connectivity index (χ1) is 10.0.